The lowest BCUT2D eigenvalue weighted by Gasteiger charge is -2.38. The maximum absolute atomic E-state index is 11.8. The van der Waals surface area contributed by atoms with E-state index in [-0.39, 0.29) is 24.7 Å². The van der Waals surface area contributed by atoms with Gasteiger partial charge in [0.05, 0.1) is 18.8 Å². The Balaban J connectivity index is 2.50. The Morgan fingerprint density at radius 1 is 1.60 bits per heavy atom. The van der Waals surface area contributed by atoms with Crippen LogP contribution in [0.5, 0.6) is 0 Å². The van der Waals surface area contributed by atoms with E-state index in [4.69, 9.17) is 9.84 Å². The van der Waals surface area contributed by atoms with E-state index >= 15 is 0 Å². The van der Waals surface area contributed by atoms with Crippen molar-refractivity contribution in [3.05, 3.63) is 0 Å². The Morgan fingerprint density at radius 2 is 2.33 bits per heavy atom. The highest BCUT2D eigenvalue weighted by Gasteiger charge is 2.28. The minimum Gasteiger partial charge on any atom is -0.396 e. The van der Waals surface area contributed by atoms with Crippen molar-refractivity contribution in [3.8, 4) is 0 Å². The van der Waals surface area contributed by atoms with Gasteiger partial charge in [-0.2, -0.15) is 0 Å². The standard InChI is InChI=1S/C11H21NO3/c1-3-10-8-15-9(2)7-12(10)11(14)5-4-6-13/h9-10,13H,3-8H2,1-2H3. The summed E-state index contributed by atoms with van der Waals surface area (Å²) in [5.74, 6) is 0.144. The van der Waals surface area contributed by atoms with E-state index in [1.165, 1.54) is 0 Å². The number of ether oxygens (including phenoxy) is 1. The average molecular weight is 215 g/mol. The Labute approximate surface area is 91.2 Å². The summed E-state index contributed by atoms with van der Waals surface area (Å²) in [4.78, 5) is 13.7. The van der Waals surface area contributed by atoms with Crippen LogP contribution in [0.15, 0.2) is 0 Å². The Morgan fingerprint density at radius 3 is 2.93 bits per heavy atom. The van der Waals surface area contributed by atoms with Crippen LogP contribution in [0.3, 0.4) is 0 Å². The average Bonchev–Trinajstić information content (AvgIpc) is 2.25. The van der Waals surface area contributed by atoms with Crippen molar-refractivity contribution in [2.24, 2.45) is 0 Å². The number of carbonyl (C=O) groups excluding carboxylic acids is 1. The van der Waals surface area contributed by atoms with Gasteiger partial charge in [-0.15, -0.1) is 0 Å². The molecule has 1 fully saturated rings. The molecule has 0 radical (unpaired) electrons. The van der Waals surface area contributed by atoms with Gasteiger partial charge in [0.15, 0.2) is 0 Å². The molecule has 2 unspecified atom stereocenters. The third-order valence-electron chi connectivity index (χ3n) is 2.81. The quantitative estimate of drug-likeness (QED) is 0.754. The molecule has 88 valence electrons. The molecule has 0 aromatic heterocycles. The molecule has 1 heterocycles. The molecule has 15 heavy (non-hydrogen) atoms. The molecular weight excluding hydrogens is 194 g/mol. The number of carbonyl (C=O) groups is 1. The largest absolute Gasteiger partial charge is 0.396 e. The second kappa shape index (κ2) is 6.08. The summed E-state index contributed by atoms with van der Waals surface area (Å²) >= 11 is 0. The molecular formula is C11H21NO3. The molecule has 4 heteroatoms. The number of rotatable bonds is 4. The molecule has 2 atom stereocenters. The van der Waals surface area contributed by atoms with E-state index in [1.54, 1.807) is 0 Å². The van der Waals surface area contributed by atoms with E-state index in [0.717, 1.165) is 6.42 Å². The van der Waals surface area contributed by atoms with Crippen LogP contribution in [-0.2, 0) is 9.53 Å². The van der Waals surface area contributed by atoms with Crippen LogP contribution < -0.4 is 0 Å². The van der Waals surface area contributed by atoms with Gasteiger partial charge < -0.3 is 14.7 Å². The molecule has 0 aliphatic carbocycles. The minimum atomic E-state index is 0.0857. The van der Waals surface area contributed by atoms with Gasteiger partial charge in [-0.05, 0) is 19.8 Å². The fourth-order valence-electron chi connectivity index (χ4n) is 1.86. The Bertz CT molecular complexity index is 208. The molecule has 0 bridgehead atoms. The summed E-state index contributed by atoms with van der Waals surface area (Å²) in [6, 6.07) is 0.215. The van der Waals surface area contributed by atoms with E-state index < -0.39 is 0 Å². The predicted octanol–water partition coefficient (Wildman–Crippen LogP) is 0.785. The van der Waals surface area contributed by atoms with Gasteiger partial charge in [0.2, 0.25) is 5.91 Å². The van der Waals surface area contributed by atoms with E-state index in [2.05, 4.69) is 6.92 Å². The number of hydrogen-bond donors (Lipinski definition) is 1. The molecule has 1 saturated heterocycles. The normalized spacial score (nSPS) is 26.7. The van der Waals surface area contributed by atoms with Crippen LogP contribution in [0.4, 0.5) is 0 Å². The lowest BCUT2D eigenvalue weighted by atomic mass is 10.1. The van der Waals surface area contributed by atoms with Crippen LogP contribution in [0, 0.1) is 0 Å². The highest BCUT2D eigenvalue weighted by Crippen LogP contribution is 2.15. The second-order valence-electron chi connectivity index (χ2n) is 4.08. The number of aliphatic hydroxyl groups excluding tert-OH is 1. The zero-order valence-electron chi connectivity index (χ0n) is 9.61. The predicted molar refractivity (Wildman–Crippen MR) is 57.5 cm³/mol. The number of nitrogens with zero attached hydrogens (tertiary/aromatic N) is 1. The monoisotopic (exact) mass is 215 g/mol. The van der Waals surface area contributed by atoms with Crippen molar-refractivity contribution in [2.75, 3.05) is 19.8 Å². The third kappa shape index (κ3) is 3.47. The Kier molecular flexibility index (Phi) is 5.05. The first-order chi connectivity index (χ1) is 7.19. The van der Waals surface area contributed by atoms with Gasteiger partial charge in [0, 0.05) is 19.6 Å². The lowest BCUT2D eigenvalue weighted by Crippen LogP contribution is -2.51. The van der Waals surface area contributed by atoms with Crippen LogP contribution in [0.25, 0.3) is 0 Å². The molecule has 0 aromatic rings. The summed E-state index contributed by atoms with van der Waals surface area (Å²) in [5.41, 5.74) is 0. The van der Waals surface area contributed by atoms with Crippen LogP contribution >= 0.6 is 0 Å². The number of hydrogen-bond acceptors (Lipinski definition) is 3. The molecule has 0 spiro atoms. The highest BCUT2D eigenvalue weighted by molar-refractivity contribution is 5.76. The lowest BCUT2D eigenvalue weighted by molar-refractivity contribution is -0.144. The van der Waals surface area contributed by atoms with Gasteiger partial charge in [0.25, 0.3) is 0 Å². The van der Waals surface area contributed by atoms with Gasteiger partial charge in [-0.25, -0.2) is 0 Å². The van der Waals surface area contributed by atoms with Crippen molar-refractivity contribution in [2.45, 2.75) is 45.3 Å². The molecule has 1 amide bonds. The molecule has 1 rings (SSSR count). The first kappa shape index (κ1) is 12.5. The fourth-order valence-corrected chi connectivity index (χ4v) is 1.86. The minimum absolute atomic E-state index is 0.0857. The molecule has 0 saturated carbocycles. The molecule has 1 aliphatic heterocycles. The topological polar surface area (TPSA) is 49.8 Å². The van der Waals surface area contributed by atoms with Gasteiger partial charge >= 0.3 is 0 Å². The van der Waals surface area contributed by atoms with E-state index in [0.29, 0.717) is 26.0 Å². The van der Waals surface area contributed by atoms with Crippen molar-refractivity contribution in [1.82, 2.24) is 4.90 Å². The van der Waals surface area contributed by atoms with Crippen LogP contribution in [0.1, 0.15) is 33.1 Å². The molecule has 0 aromatic carbocycles. The maximum Gasteiger partial charge on any atom is 0.223 e. The summed E-state index contributed by atoms with van der Waals surface area (Å²) in [6.07, 6.45) is 2.06. The van der Waals surface area contributed by atoms with Crippen LogP contribution in [0.2, 0.25) is 0 Å². The first-order valence-corrected chi connectivity index (χ1v) is 5.71. The molecule has 1 aliphatic rings. The SMILES string of the molecule is CCC1COC(C)CN1C(=O)CCCO. The van der Waals surface area contributed by atoms with Crippen LogP contribution in [-0.4, -0.2) is 47.8 Å². The first-order valence-electron chi connectivity index (χ1n) is 5.71. The van der Waals surface area contributed by atoms with E-state index in [9.17, 15) is 4.79 Å². The van der Waals surface area contributed by atoms with Gasteiger partial charge in [0.1, 0.15) is 0 Å². The van der Waals surface area contributed by atoms with E-state index in [1.807, 2.05) is 11.8 Å². The summed E-state index contributed by atoms with van der Waals surface area (Å²) in [5, 5.41) is 8.69. The maximum atomic E-state index is 11.8. The molecule has 4 nitrogen and oxygen atoms in total. The summed E-state index contributed by atoms with van der Waals surface area (Å²) in [7, 11) is 0. The fraction of sp³-hybridized carbons (Fsp3) is 0.909. The third-order valence-corrected chi connectivity index (χ3v) is 2.81. The molecule has 1 N–H and O–H groups in total. The van der Waals surface area contributed by atoms with Crippen molar-refractivity contribution in [1.29, 1.82) is 0 Å². The van der Waals surface area contributed by atoms with Crippen molar-refractivity contribution in [3.63, 3.8) is 0 Å². The zero-order chi connectivity index (χ0) is 11.3. The Hall–Kier alpha value is -0.610. The second-order valence-corrected chi connectivity index (χ2v) is 4.08. The summed E-state index contributed by atoms with van der Waals surface area (Å²) < 4.78 is 5.52. The van der Waals surface area contributed by atoms with Gasteiger partial charge in [-0.1, -0.05) is 6.92 Å². The smallest absolute Gasteiger partial charge is 0.223 e. The van der Waals surface area contributed by atoms with Crippen molar-refractivity contribution >= 4 is 5.91 Å². The van der Waals surface area contributed by atoms with Crippen molar-refractivity contribution < 1.29 is 14.6 Å². The van der Waals surface area contributed by atoms with Gasteiger partial charge in [-0.3, -0.25) is 4.79 Å². The zero-order valence-corrected chi connectivity index (χ0v) is 9.61. The highest BCUT2D eigenvalue weighted by atomic mass is 16.5. The summed E-state index contributed by atoms with van der Waals surface area (Å²) in [6.45, 7) is 5.46. The number of aliphatic hydroxyl groups is 1. The number of morpholine rings is 1. The number of amides is 1.